The lowest BCUT2D eigenvalue weighted by Crippen LogP contribution is -2.12. The SMILES string of the molecule is O=C(Nc1cnn(-c2ccccc2)c1)c1sccc1OC(F)F. The first-order chi connectivity index (χ1) is 11.1. The number of amides is 1. The van der Waals surface area contributed by atoms with Crippen molar-refractivity contribution in [1.82, 2.24) is 9.78 Å². The third-order valence-corrected chi connectivity index (χ3v) is 3.81. The first kappa shape index (κ1) is 15.2. The predicted octanol–water partition coefficient (Wildman–Crippen LogP) is 3.79. The molecule has 8 heteroatoms. The predicted molar refractivity (Wildman–Crippen MR) is 82.5 cm³/mol. The highest BCUT2D eigenvalue weighted by atomic mass is 32.1. The number of rotatable bonds is 5. The molecule has 0 unspecified atom stereocenters. The quantitative estimate of drug-likeness (QED) is 0.772. The molecule has 3 rings (SSSR count). The number of hydrogen-bond acceptors (Lipinski definition) is 4. The number of nitrogens with one attached hydrogen (secondary N) is 1. The van der Waals surface area contributed by atoms with Crippen molar-refractivity contribution in [3.63, 3.8) is 0 Å². The topological polar surface area (TPSA) is 56.2 Å². The average Bonchev–Trinajstić information content (AvgIpc) is 3.17. The van der Waals surface area contributed by atoms with Gasteiger partial charge in [0.25, 0.3) is 5.91 Å². The van der Waals surface area contributed by atoms with Crippen LogP contribution in [0.5, 0.6) is 5.75 Å². The van der Waals surface area contributed by atoms with Gasteiger partial charge in [0.15, 0.2) is 0 Å². The van der Waals surface area contributed by atoms with Gasteiger partial charge in [0.1, 0.15) is 10.6 Å². The Morgan fingerprint density at radius 1 is 1.26 bits per heavy atom. The normalized spacial score (nSPS) is 10.7. The fourth-order valence-electron chi connectivity index (χ4n) is 1.95. The highest BCUT2D eigenvalue weighted by Gasteiger charge is 2.18. The van der Waals surface area contributed by atoms with Gasteiger partial charge in [-0.2, -0.15) is 13.9 Å². The number of carbonyl (C=O) groups is 1. The molecule has 3 aromatic rings. The maximum Gasteiger partial charge on any atom is 0.387 e. The van der Waals surface area contributed by atoms with Crippen LogP contribution in [0, 0.1) is 0 Å². The Kier molecular flexibility index (Phi) is 4.33. The molecule has 0 spiro atoms. The van der Waals surface area contributed by atoms with Gasteiger partial charge in [-0.3, -0.25) is 4.79 Å². The number of para-hydroxylation sites is 1. The van der Waals surface area contributed by atoms with Crippen molar-refractivity contribution in [2.45, 2.75) is 6.61 Å². The number of aromatic nitrogens is 2. The minimum Gasteiger partial charge on any atom is -0.433 e. The summed E-state index contributed by atoms with van der Waals surface area (Å²) in [5.41, 5.74) is 1.29. The molecule has 1 N–H and O–H groups in total. The Balaban J connectivity index is 1.74. The first-order valence-electron chi connectivity index (χ1n) is 6.57. The van der Waals surface area contributed by atoms with Crippen LogP contribution in [-0.4, -0.2) is 22.3 Å². The van der Waals surface area contributed by atoms with E-state index in [0.29, 0.717) is 5.69 Å². The standard InChI is InChI=1S/C15H11F2N3O2S/c16-15(17)22-12-6-7-23-13(12)14(21)19-10-8-18-20(9-10)11-4-2-1-3-5-11/h1-9,15H,(H,19,21). The minimum absolute atomic E-state index is 0.0813. The number of nitrogens with zero attached hydrogens (tertiary/aromatic N) is 2. The summed E-state index contributed by atoms with van der Waals surface area (Å²) in [4.78, 5) is 12.2. The van der Waals surface area contributed by atoms with Crippen LogP contribution in [0.15, 0.2) is 54.2 Å². The number of anilines is 1. The van der Waals surface area contributed by atoms with Crippen LogP contribution in [0.1, 0.15) is 9.67 Å². The van der Waals surface area contributed by atoms with Crippen LogP contribution in [0.2, 0.25) is 0 Å². The van der Waals surface area contributed by atoms with E-state index in [1.54, 1.807) is 10.9 Å². The van der Waals surface area contributed by atoms with Crippen molar-refractivity contribution in [3.8, 4) is 11.4 Å². The molecule has 1 amide bonds. The minimum atomic E-state index is -2.98. The van der Waals surface area contributed by atoms with Gasteiger partial charge < -0.3 is 10.1 Å². The van der Waals surface area contributed by atoms with E-state index in [1.165, 1.54) is 17.6 Å². The van der Waals surface area contributed by atoms with Gasteiger partial charge in [0.2, 0.25) is 0 Å². The molecular formula is C15H11F2N3O2S. The molecule has 1 aromatic carbocycles. The van der Waals surface area contributed by atoms with E-state index in [4.69, 9.17) is 0 Å². The zero-order valence-electron chi connectivity index (χ0n) is 11.6. The smallest absolute Gasteiger partial charge is 0.387 e. The van der Waals surface area contributed by atoms with Gasteiger partial charge in [-0.1, -0.05) is 18.2 Å². The second-order valence-corrected chi connectivity index (χ2v) is 5.37. The largest absolute Gasteiger partial charge is 0.433 e. The van der Waals surface area contributed by atoms with Gasteiger partial charge in [-0.05, 0) is 23.6 Å². The van der Waals surface area contributed by atoms with Crippen LogP contribution >= 0.6 is 11.3 Å². The third-order valence-electron chi connectivity index (χ3n) is 2.91. The maximum absolute atomic E-state index is 12.3. The number of carbonyl (C=O) groups excluding carboxylic acids is 1. The molecule has 0 aliphatic rings. The summed E-state index contributed by atoms with van der Waals surface area (Å²) in [6.45, 7) is -2.98. The van der Waals surface area contributed by atoms with Crippen molar-refractivity contribution in [2.75, 3.05) is 5.32 Å². The van der Waals surface area contributed by atoms with Gasteiger partial charge in [0, 0.05) is 0 Å². The average molecular weight is 335 g/mol. The summed E-state index contributed by atoms with van der Waals surface area (Å²) in [6, 6.07) is 10.7. The van der Waals surface area contributed by atoms with E-state index < -0.39 is 12.5 Å². The molecule has 0 aliphatic carbocycles. The fraction of sp³-hybridized carbons (Fsp3) is 0.0667. The lowest BCUT2D eigenvalue weighted by molar-refractivity contribution is -0.0498. The van der Waals surface area contributed by atoms with E-state index in [9.17, 15) is 13.6 Å². The molecule has 118 valence electrons. The Bertz CT molecular complexity index is 802. The molecule has 0 atom stereocenters. The number of ether oxygens (including phenoxy) is 1. The molecule has 0 fully saturated rings. The van der Waals surface area contributed by atoms with Gasteiger partial charge in [0.05, 0.1) is 23.8 Å². The van der Waals surface area contributed by atoms with Crippen LogP contribution in [0.25, 0.3) is 5.69 Å². The van der Waals surface area contributed by atoms with E-state index in [-0.39, 0.29) is 10.6 Å². The number of benzene rings is 1. The Morgan fingerprint density at radius 2 is 2.04 bits per heavy atom. The second-order valence-electron chi connectivity index (χ2n) is 4.46. The molecule has 0 radical (unpaired) electrons. The highest BCUT2D eigenvalue weighted by Crippen LogP contribution is 2.27. The molecule has 0 aliphatic heterocycles. The summed E-state index contributed by atoms with van der Waals surface area (Å²) in [5, 5.41) is 8.27. The molecule has 0 saturated carbocycles. The molecule has 23 heavy (non-hydrogen) atoms. The van der Waals surface area contributed by atoms with Gasteiger partial charge in [-0.25, -0.2) is 4.68 Å². The number of thiophene rings is 1. The monoisotopic (exact) mass is 335 g/mol. The summed E-state index contributed by atoms with van der Waals surface area (Å²) in [5.74, 6) is -0.666. The molecule has 5 nitrogen and oxygen atoms in total. The highest BCUT2D eigenvalue weighted by molar-refractivity contribution is 7.12. The van der Waals surface area contributed by atoms with Crippen molar-refractivity contribution in [1.29, 1.82) is 0 Å². The lowest BCUT2D eigenvalue weighted by Gasteiger charge is -2.05. The third kappa shape index (κ3) is 3.54. The van der Waals surface area contributed by atoms with Gasteiger partial charge >= 0.3 is 6.61 Å². The summed E-state index contributed by atoms with van der Waals surface area (Å²) in [6.07, 6.45) is 3.11. The molecule has 2 heterocycles. The van der Waals surface area contributed by atoms with Crippen molar-refractivity contribution in [2.24, 2.45) is 0 Å². The van der Waals surface area contributed by atoms with Crippen LogP contribution in [0.4, 0.5) is 14.5 Å². The molecule has 2 aromatic heterocycles. The number of alkyl halides is 2. The van der Waals surface area contributed by atoms with Gasteiger partial charge in [-0.15, -0.1) is 11.3 Å². The summed E-state index contributed by atoms with van der Waals surface area (Å²) >= 11 is 1.02. The van der Waals surface area contributed by atoms with Crippen molar-refractivity contribution < 1.29 is 18.3 Å². The maximum atomic E-state index is 12.3. The second kappa shape index (κ2) is 6.57. The molecule has 0 saturated heterocycles. The van der Waals surface area contributed by atoms with Crippen LogP contribution in [0.3, 0.4) is 0 Å². The lowest BCUT2D eigenvalue weighted by atomic mass is 10.3. The molecule has 0 bridgehead atoms. The van der Waals surface area contributed by atoms with E-state index in [0.717, 1.165) is 17.0 Å². The Labute approximate surface area is 134 Å². The Morgan fingerprint density at radius 3 is 2.78 bits per heavy atom. The first-order valence-corrected chi connectivity index (χ1v) is 7.45. The fourth-order valence-corrected chi connectivity index (χ4v) is 2.67. The molecular weight excluding hydrogens is 324 g/mol. The van der Waals surface area contributed by atoms with Crippen LogP contribution < -0.4 is 10.1 Å². The van der Waals surface area contributed by atoms with Crippen molar-refractivity contribution >= 4 is 22.9 Å². The van der Waals surface area contributed by atoms with E-state index >= 15 is 0 Å². The van der Waals surface area contributed by atoms with Crippen molar-refractivity contribution in [3.05, 3.63) is 59.0 Å². The summed E-state index contributed by atoms with van der Waals surface area (Å²) in [7, 11) is 0. The Hall–Kier alpha value is -2.74. The van der Waals surface area contributed by atoms with E-state index in [1.807, 2.05) is 30.3 Å². The zero-order chi connectivity index (χ0) is 16.2. The van der Waals surface area contributed by atoms with Crippen LogP contribution in [-0.2, 0) is 0 Å². The number of hydrogen-bond donors (Lipinski definition) is 1. The number of halogens is 2. The zero-order valence-corrected chi connectivity index (χ0v) is 12.5. The van der Waals surface area contributed by atoms with E-state index in [2.05, 4.69) is 15.2 Å². The summed E-state index contributed by atoms with van der Waals surface area (Å²) < 4.78 is 30.5.